The third-order valence-corrected chi connectivity index (χ3v) is 3.62. The van der Waals surface area contributed by atoms with Crippen molar-refractivity contribution in [2.45, 2.75) is 58.1 Å². The van der Waals surface area contributed by atoms with Crippen molar-refractivity contribution in [3.8, 4) is 0 Å². The number of aromatic nitrogens is 2. The van der Waals surface area contributed by atoms with Crippen molar-refractivity contribution in [2.75, 3.05) is 0 Å². The zero-order valence-corrected chi connectivity index (χ0v) is 12.7. The summed E-state index contributed by atoms with van der Waals surface area (Å²) in [6.45, 7) is 5.50. The molecule has 1 N–H and O–H groups in total. The number of esters is 1. The molecule has 0 spiro atoms. The first-order valence-corrected chi connectivity index (χ1v) is 7.32. The van der Waals surface area contributed by atoms with Crippen LogP contribution >= 0.6 is 0 Å². The van der Waals surface area contributed by atoms with Crippen LogP contribution in [-0.4, -0.2) is 33.5 Å². The molecular formula is C15H21N3O3. The van der Waals surface area contributed by atoms with Gasteiger partial charge in [0.15, 0.2) is 0 Å². The number of rotatable bonds is 5. The van der Waals surface area contributed by atoms with Gasteiger partial charge in [-0.3, -0.25) is 9.78 Å². The molecule has 0 atom stereocenters. The Bertz CT molecular complexity index is 539. The van der Waals surface area contributed by atoms with E-state index in [9.17, 15) is 9.59 Å². The van der Waals surface area contributed by atoms with E-state index in [2.05, 4.69) is 15.3 Å². The summed E-state index contributed by atoms with van der Waals surface area (Å²) in [6.07, 6.45) is 5.55. The number of carbonyl (C=O) groups is 2. The lowest BCUT2D eigenvalue weighted by Crippen LogP contribution is -2.60. The summed E-state index contributed by atoms with van der Waals surface area (Å²) >= 11 is 0. The van der Waals surface area contributed by atoms with E-state index < -0.39 is 5.54 Å². The third-order valence-electron chi connectivity index (χ3n) is 3.62. The molecule has 1 saturated carbocycles. The SMILES string of the molecule is CCc1nccnc1C(=O)NC1(C(=O)OC(C)C)CCC1. The normalized spacial score (nSPS) is 16.2. The number of hydrogen-bond donors (Lipinski definition) is 1. The van der Waals surface area contributed by atoms with Gasteiger partial charge >= 0.3 is 5.97 Å². The Balaban J connectivity index is 2.15. The van der Waals surface area contributed by atoms with Gasteiger partial charge in [-0.2, -0.15) is 0 Å². The minimum absolute atomic E-state index is 0.199. The Hall–Kier alpha value is -1.98. The van der Waals surface area contributed by atoms with Crippen LogP contribution in [0.15, 0.2) is 12.4 Å². The number of hydrogen-bond acceptors (Lipinski definition) is 5. The molecule has 0 bridgehead atoms. The maximum absolute atomic E-state index is 12.4. The molecule has 0 saturated heterocycles. The summed E-state index contributed by atoms with van der Waals surface area (Å²) in [5, 5.41) is 2.81. The molecule has 1 aromatic rings. The van der Waals surface area contributed by atoms with E-state index in [0.29, 0.717) is 25.0 Å². The smallest absolute Gasteiger partial charge is 0.332 e. The molecule has 21 heavy (non-hydrogen) atoms. The molecule has 1 aliphatic rings. The van der Waals surface area contributed by atoms with E-state index >= 15 is 0 Å². The topological polar surface area (TPSA) is 81.2 Å². The van der Waals surface area contributed by atoms with Gasteiger partial charge in [-0.25, -0.2) is 9.78 Å². The monoisotopic (exact) mass is 291 g/mol. The average molecular weight is 291 g/mol. The van der Waals surface area contributed by atoms with Crippen LogP contribution in [0, 0.1) is 0 Å². The van der Waals surface area contributed by atoms with E-state index in [0.717, 1.165) is 6.42 Å². The molecular weight excluding hydrogens is 270 g/mol. The first-order chi connectivity index (χ1) is 9.98. The summed E-state index contributed by atoms with van der Waals surface area (Å²) in [5.74, 6) is -0.723. The molecule has 1 aliphatic carbocycles. The van der Waals surface area contributed by atoms with Crippen LogP contribution in [0.25, 0.3) is 0 Å². The van der Waals surface area contributed by atoms with Gasteiger partial charge in [-0.1, -0.05) is 6.92 Å². The maximum atomic E-state index is 12.4. The number of amides is 1. The van der Waals surface area contributed by atoms with E-state index in [1.54, 1.807) is 20.0 Å². The van der Waals surface area contributed by atoms with Crippen molar-refractivity contribution in [2.24, 2.45) is 0 Å². The van der Waals surface area contributed by atoms with Crippen molar-refractivity contribution in [3.05, 3.63) is 23.8 Å². The fraction of sp³-hybridized carbons (Fsp3) is 0.600. The lowest BCUT2D eigenvalue weighted by molar-refractivity contribution is -0.159. The van der Waals surface area contributed by atoms with Gasteiger partial charge < -0.3 is 10.1 Å². The second-order valence-corrected chi connectivity index (χ2v) is 5.55. The summed E-state index contributed by atoms with van der Waals surface area (Å²) in [6, 6.07) is 0. The molecule has 0 aliphatic heterocycles. The van der Waals surface area contributed by atoms with Gasteiger partial charge in [0.25, 0.3) is 5.91 Å². The molecule has 1 aromatic heterocycles. The lowest BCUT2D eigenvalue weighted by atomic mass is 9.76. The third kappa shape index (κ3) is 3.20. The second kappa shape index (κ2) is 6.20. The summed E-state index contributed by atoms with van der Waals surface area (Å²) in [7, 11) is 0. The second-order valence-electron chi connectivity index (χ2n) is 5.55. The van der Waals surface area contributed by atoms with Gasteiger partial charge in [-0.05, 0) is 39.5 Å². The quantitative estimate of drug-likeness (QED) is 0.834. The Kier molecular flexibility index (Phi) is 4.55. The van der Waals surface area contributed by atoms with Crippen LogP contribution in [0.2, 0.25) is 0 Å². The van der Waals surface area contributed by atoms with Crippen LogP contribution in [0.4, 0.5) is 0 Å². The first-order valence-electron chi connectivity index (χ1n) is 7.32. The van der Waals surface area contributed by atoms with Gasteiger partial charge in [0.05, 0.1) is 11.8 Å². The van der Waals surface area contributed by atoms with Gasteiger partial charge in [-0.15, -0.1) is 0 Å². The van der Waals surface area contributed by atoms with E-state index in [1.807, 2.05) is 6.92 Å². The fourth-order valence-corrected chi connectivity index (χ4v) is 2.33. The largest absolute Gasteiger partial charge is 0.461 e. The van der Waals surface area contributed by atoms with Crippen LogP contribution < -0.4 is 5.32 Å². The minimum Gasteiger partial charge on any atom is -0.461 e. The zero-order chi connectivity index (χ0) is 15.5. The van der Waals surface area contributed by atoms with Crippen LogP contribution in [0.5, 0.6) is 0 Å². The van der Waals surface area contributed by atoms with Crippen molar-refractivity contribution in [3.63, 3.8) is 0 Å². The van der Waals surface area contributed by atoms with Crippen LogP contribution in [-0.2, 0) is 16.0 Å². The predicted molar refractivity (Wildman–Crippen MR) is 76.7 cm³/mol. The highest BCUT2D eigenvalue weighted by molar-refractivity contribution is 5.97. The van der Waals surface area contributed by atoms with Crippen LogP contribution in [0.1, 0.15) is 56.2 Å². The number of carbonyl (C=O) groups excluding carboxylic acids is 2. The standard InChI is InChI=1S/C15H21N3O3/c1-4-11-12(17-9-8-16-11)13(19)18-15(6-5-7-15)14(20)21-10(2)3/h8-10H,4-7H2,1-3H3,(H,18,19). The fourth-order valence-electron chi connectivity index (χ4n) is 2.33. The van der Waals surface area contributed by atoms with E-state index in [1.165, 1.54) is 6.20 Å². The predicted octanol–water partition coefficient (Wildman–Crippen LogP) is 1.64. The van der Waals surface area contributed by atoms with Crippen molar-refractivity contribution >= 4 is 11.9 Å². The number of ether oxygens (including phenoxy) is 1. The molecule has 0 radical (unpaired) electrons. The van der Waals surface area contributed by atoms with Gasteiger partial charge in [0.2, 0.25) is 0 Å². The molecule has 1 fully saturated rings. The van der Waals surface area contributed by atoms with Crippen molar-refractivity contribution < 1.29 is 14.3 Å². The number of nitrogens with one attached hydrogen (secondary N) is 1. The minimum atomic E-state index is -0.899. The summed E-state index contributed by atoms with van der Waals surface area (Å²) in [5.41, 5.74) is 0.00878. The summed E-state index contributed by atoms with van der Waals surface area (Å²) < 4.78 is 5.26. The first kappa shape index (κ1) is 15.4. The van der Waals surface area contributed by atoms with E-state index in [4.69, 9.17) is 4.74 Å². The Morgan fingerprint density at radius 3 is 2.52 bits per heavy atom. The zero-order valence-electron chi connectivity index (χ0n) is 12.7. The maximum Gasteiger partial charge on any atom is 0.332 e. The van der Waals surface area contributed by atoms with Crippen LogP contribution in [0.3, 0.4) is 0 Å². The summed E-state index contributed by atoms with van der Waals surface area (Å²) in [4.78, 5) is 32.8. The number of nitrogens with zero attached hydrogens (tertiary/aromatic N) is 2. The highest BCUT2D eigenvalue weighted by atomic mass is 16.5. The molecule has 6 heteroatoms. The Morgan fingerprint density at radius 1 is 1.33 bits per heavy atom. The molecule has 2 rings (SSSR count). The molecule has 0 aromatic carbocycles. The van der Waals surface area contributed by atoms with Crippen molar-refractivity contribution in [1.82, 2.24) is 15.3 Å². The average Bonchev–Trinajstić information content (AvgIpc) is 2.41. The molecule has 1 heterocycles. The van der Waals surface area contributed by atoms with Gasteiger partial charge in [0, 0.05) is 12.4 Å². The van der Waals surface area contributed by atoms with Crippen molar-refractivity contribution in [1.29, 1.82) is 0 Å². The molecule has 1 amide bonds. The lowest BCUT2D eigenvalue weighted by Gasteiger charge is -2.40. The molecule has 0 unspecified atom stereocenters. The molecule has 114 valence electrons. The van der Waals surface area contributed by atoms with E-state index in [-0.39, 0.29) is 23.7 Å². The molecule has 6 nitrogen and oxygen atoms in total. The Morgan fingerprint density at radius 2 is 2.00 bits per heavy atom. The number of aryl methyl sites for hydroxylation is 1. The highest BCUT2D eigenvalue weighted by Gasteiger charge is 2.47. The van der Waals surface area contributed by atoms with Gasteiger partial charge in [0.1, 0.15) is 11.2 Å². The highest BCUT2D eigenvalue weighted by Crippen LogP contribution is 2.33. The Labute approximate surface area is 124 Å².